The Kier molecular flexibility index (Phi) is 3.60. The van der Waals surface area contributed by atoms with Gasteiger partial charge in [0.1, 0.15) is 5.82 Å². The quantitative estimate of drug-likeness (QED) is 0.731. The molecule has 0 unspecified atom stereocenters. The number of nitrogens with one attached hydrogen (secondary N) is 3. The number of H-pyrrole nitrogens is 1. The van der Waals surface area contributed by atoms with Crippen LogP contribution in [0.15, 0.2) is 23.0 Å². The third-order valence-corrected chi connectivity index (χ3v) is 2.51. The van der Waals surface area contributed by atoms with E-state index in [4.69, 9.17) is 0 Å². The van der Waals surface area contributed by atoms with Crippen LogP contribution in [-0.4, -0.2) is 25.8 Å². The molecule has 0 saturated carbocycles. The van der Waals surface area contributed by atoms with Crippen LogP contribution in [0.4, 0.5) is 10.6 Å². The van der Waals surface area contributed by atoms with E-state index >= 15 is 0 Å². The number of anilines is 1. The molecule has 0 spiro atoms. The second-order valence-electron chi connectivity index (χ2n) is 3.98. The Labute approximate surface area is 108 Å². The molecule has 0 saturated heterocycles. The molecule has 2 aromatic rings. The predicted molar refractivity (Wildman–Crippen MR) is 68.7 cm³/mol. The summed E-state index contributed by atoms with van der Waals surface area (Å²) in [5.74, 6) is 0.908. The molecule has 8 nitrogen and oxygen atoms in total. The van der Waals surface area contributed by atoms with Gasteiger partial charge in [-0.2, -0.15) is 5.10 Å². The summed E-state index contributed by atoms with van der Waals surface area (Å²) < 4.78 is 1.32. The predicted octanol–water partition coefficient (Wildman–Crippen LogP) is 0.134. The van der Waals surface area contributed by atoms with Crippen LogP contribution in [-0.2, 0) is 13.6 Å². The number of hydrogen-bond acceptors (Lipinski definition) is 4. The first kappa shape index (κ1) is 12.8. The number of pyridine rings is 1. The molecule has 0 aromatic carbocycles. The van der Waals surface area contributed by atoms with Crippen molar-refractivity contribution in [3.05, 3.63) is 40.2 Å². The van der Waals surface area contributed by atoms with Crippen molar-refractivity contribution in [2.75, 3.05) is 5.32 Å². The molecule has 0 aliphatic carbocycles. The molecule has 0 aliphatic heterocycles. The monoisotopic (exact) mass is 262 g/mol. The van der Waals surface area contributed by atoms with Crippen LogP contribution in [0.1, 0.15) is 11.5 Å². The summed E-state index contributed by atoms with van der Waals surface area (Å²) in [6, 6.07) is 4.92. The maximum atomic E-state index is 11.6. The number of rotatable bonds is 3. The molecule has 0 fully saturated rings. The molecule has 2 rings (SSSR count). The highest BCUT2D eigenvalue weighted by Gasteiger charge is 2.07. The number of amides is 2. The molecule has 19 heavy (non-hydrogen) atoms. The average Bonchev–Trinajstić information content (AvgIpc) is 2.68. The fourth-order valence-corrected chi connectivity index (χ4v) is 1.47. The zero-order chi connectivity index (χ0) is 13.8. The van der Waals surface area contributed by atoms with Gasteiger partial charge in [0.25, 0.3) is 0 Å². The highest BCUT2D eigenvalue weighted by atomic mass is 16.2. The second kappa shape index (κ2) is 5.34. The topological polar surface area (TPSA) is 105 Å². The normalized spacial score (nSPS) is 10.2. The molecule has 3 N–H and O–H groups in total. The van der Waals surface area contributed by atoms with Gasteiger partial charge < -0.3 is 5.32 Å². The van der Waals surface area contributed by atoms with Crippen LogP contribution >= 0.6 is 0 Å². The average molecular weight is 262 g/mol. The molecule has 2 amide bonds. The van der Waals surface area contributed by atoms with Crippen molar-refractivity contribution in [2.24, 2.45) is 7.05 Å². The second-order valence-corrected chi connectivity index (χ2v) is 3.98. The lowest BCUT2D eigenvalue weighted by Gasteiger charge is -2.06. The number of carbonyl (C=O) groups excluding carboxylic acids is 1. The lowest BCUT2D eigenvalue weighted by Crippen LogP contribution is -2.30. The van der Waals surface area contributed by atoms with Gasteiger partial charge in [-0.3, -0.25) is 9.88 Å². The van der Waals surface area contributed by atoms with E-state index in [0.717, 1.165) is 5.69 Å². The Bertz CT molecular complexity index is 645. The van der Waals surface area contributed by atoms with Gasteiger partial charge in [0.15, 0.2) is 5.82 Å². The summed E-state index contributed by atoms with van der Waals surface area (Å²) in [4.78, 5) is 26.9. The third-order valence-electron chi connectivity index (χ3n) is 2.51. The SMILES string of the molecule is Cc1cccc(NC(=O)NCc2n[nH]c(=O)n2C)n1. The van der Waals surface area contributed by atoms with Crippen molar-refractivity contribution < 1.29 is 4.79 Å². The van der Waals surface area contributed by atoms with E-state index in [-0.39, 0.29) is 12.2 Å². The van der Waals surface area contributed by atoms with Gasteiger partial charge in [0, 0.05) is 12.7 Å². The Morgan fingerprint density at radius 3 is 2.89 bits per heavy atom. The number of carbonyl (C=O) groups is 1. The van der Waals surface area contributed by atoms with Crippen LogP contribution in [0.2, 0.25) is 0 Å². The van der Waals surface area contributed by atoms with Gasteiger partial charge in [-0.1, -0.05) is 6.07 Å². The minimum Gasteiger partial charge on any atom is -0.331 e. The number of aromatic amines is 1. The zero-order valence-corrected chi connectivity index (χ0v) is 10.6. The number of hydrogen-bond donors (Lipinski definition) is 3. The highest BCUT2D eigenvalue weighted by Crippen LogP contribution is 2.03. The Morgan fingerprint density at radius 1 is 1.47 bits per heavy atom. The van der Waals surface area contributed by atoms with E-state index in [1.165, 1.54) is 4.57 Å². The Morgan fingerprint density at radius 2 is 2.26 bits per heavy atom. The van der Waals surface area contributed by atoms with E-state index in [1.807, 2.05) is 13.0 Å². The van der Waals surface area contributed by atoms with Gasteiger partial charge >= 0.3 is 11.7 Å². The van der Waals surface area contributed by atoms with Crippen LogP contribution < -0.4 is 16.3 Å². The Balaban J connectivity index is 1.92. The van der Waals surface area contributed by atoms with Gasteiger partial charge in [-0.15, -0.1) is 0 Å². The summed E-state index contributed by atoms with van der Waals surface area (Å²) in [5, 5.41) is 11.2. The largest absolute Gasteiger partial charge is 0.343 e. The first-order valence-electron chi connectivity index (χ1n) is 5.65. The molecular weight excluding hydrogens is 248 g/mol. The molecule has 2 heterocycles. The summed E-state index contributed by atoms with van der Waals surface area (Å²) >= 11 is 0. The van der Waals surface area contributed by atoms with E-state index < -0.39 is 6.03 Å². The number of nitrogens with zero attached hydrogens (tertiary/aromatic N) is 3. The summed E-state index contributed by atoms with van der Waals surface area (Å²) in [5.41, 5.74) is 0.491. The van der Waals surface area contributed by atoms with Crippen LogP contribution in [0, 0.1) is 6.92 Å². The van der Waals surface area contributed by atoms with E-state index in [9.17, 15) is 9.59 Å². The summed E-state index contributed by atoms with van der Waals surface area (Å²) in [7, 11) is 1.57. The highest BCUT2D eigenvalue weighted by molar-refractivity contribution is 5.88. The van der Waals surface area contributed by atoms with Crippen molar-refractivity contribution in [1.29, 1.82) is 0 Å². The van der Waals surface area contributed by atoms with Crippen molar-refractivity contribution in [3.8, 4) is 0 Å². The van der Waals surface area contributed by atoms with Crippen LogP contribution in [0.25, 0.3) is 0 Å². The number of urea groups is 1. The maximum absolute atomic E-state index is 11.6. The zero-order valence-electron chi connectivity index (χ0n) is 10.6. The van der Waals surface area contributed by atoms with Crippen LogP contribution in [0.5, 0.6) is 0 Å². The van der Waals surface area contributed by atoms with Gasteiger partial charge in [0.2, 0.25) is 0 Å². The van der Waals surface area contributed by atoms with E-state index in [0.29, 0.717) is 11.6 Å². The third kappa shape index (κ3) is 3.18. The number of aryl methyl sites for hydroxylation is 1. The molecule has 0 aliphatic rings. The molecule has 2 aromatic heterocycles. The van der Waals surface area contributed by atoms with Crippen molar-refractivity contribution >= 4 is 11.8 Å². The molecule has 8 heteroatoms. The van der Waals surface area contributed by atoms with E-state index in [1.54, 1.807) is 19.2 Å². The van der Waals surface area contributed by atoms with Gasteiger partial charge in [-0.25, -0.2) is 19.7 Å². The first-order chi connectivity index (χ1) is 9.06. The Hall–Kier alpha value is -2.64. The lowest BCUT2D eigenvalue weighted by atomic mass is 10.4. The van der Waals surface area contributed by atoms with E-state index in [2.05, 4.69) is 25.8 Å². The molecule has 0 radical (unpaired) electrons. The van der Waals surface area contributed by atoms with Crippen molar-refractivity contribution in [2.45, 2.75) is 13.5 Å². The minimum absolute atomic E-state index is 0.146. The standard InChI is InChI=1S/C11H14N6O2/c1-7-4-3-5-8(13-7)14-10(18)12-6-9-15-16-11(19)17(9)2/h3-5H,6H2,1-2H3,(H,16,19)(H2,12,13,14,18). The smallest absolute Gasteiger partial charge is 0.331 e. The fraction of sp³-hybridized carbons (Fsp3) is 0.273. The van der Waals surface area contributed by atoms with Crippen molar-refractivity contribution in [1.82, 2.24) is 25.1 Å². The molecule has 100 valence electrons. The first-order valence-corrected chi connectivity index (χ1v) is 5.65. The molecule has 0 bridgehead atoms. The number of aromatic nitrogens is 4. The summed E-state index contributed by atoms with van der Waals surface area (Å²) in [6.45, 7) is 1.98. The molecular formula is C11H14N6O2. The fourth-order valence-electron chi connectivity index (χ4n) is 1.47. The van der Waals surface area contributed by atoms with Crippen molar-refractivity contribution in [3.63, 3.8) is 0 Å². The molecule has 0 atom stereocenters. The maximum Gasteiger partial charge on any atom is 0.343 e. The minimum atomic E-state index is -0.409. The van der Waals surface area contributed by atoms with Gasteiger partial charge in [-0.05, 0) is 19.1 Å². The van der Waals surface area contributed by atoms with Crippen LogP contribution in [0.3, 0.4) is 0 Å². The summed E-state index contributed by atoms with van der Waals surface area (Å²) in [6.07, 6.45) is 0. The van der Waals surface area contributed by atoms with Gasteiger partial charge in [0.05, 0.1) is 6.54 Å². The lowest BCUT2D eigenvalue weighted by molar-refractivity contribution is 0.251.